The van der Waals surface area contributed by atoms with Crippen LogP contribution in [0.3, 0.4) is 0 Å². The molecule has 0 aromatic heterocycles. The van der Waals surface area contributed by atoms with E-state index in [-0.39, 0.29) is 16.6 Å². The minimum absolute atomic E-state index is 0.123. The second-order valence-corrected chi connectivity index (χ2v) is 7.62. The lowest BCUT2D eigenvalue weighted by Crippen LogP contribution is -2.70. The summed E-state index contributed by atoms with van der Waals surface area (Å²) in [7, 11) is 0. The summed E-state index contributed by atoms with van der Waals surface area (Å²) in [5.41, 5.74) is -0.380. The second kappa shape index (κ2) is 10.3. The van der Waals surface area contributed by atoms with Crippen LogP contribution < -0.4 is 10.6 Å². The first-order valence-electron chi connectivity index (χ1n) is 9.45. The van der Waals surface area contributed by atoms with Crippen molar-refractivity contribution in [3.05, 3.63) is 63.3 Å². The molecule has 1 aliphatic rings. The Bertz CT molecular complexity index is 500. The Kier molecular flexibility index (Phi) is 8.78. The van der Waals surface area contributed by atoms with Crippen molar-refractivity contribution in [1.29, 1.82) is 5.26 Å². The third kappa shape index (κ3) is 5.56. The van der Waals surface area contributed by atoms with Crippen molar-refractivity contribution < 1.29 is 0 Å². The fraction of sp³-hybridized carbons (Fsp3) is 0.522. The maximum Gasteiger partial charge on any atom is 0.0635 e. The van der Waals surface area contributed by atoms with Crippen molar-refractivity contribution in [1.82, 2.24) is 10.6 Å². The first-order chi connectivity index (χ1) is 12.5. The van der Waals surface area contributed by atoms with Crippen LogP contribution in [-0.2, 0) is 0 Å². The van der Waals surface area contributed by atoms with E-state index in [0.29, 0.717) is 13.0 Å². The van der Waals surface area contributed by atoms with Gasteiger partial charge in [-0.1, -0.05) is 30.4 Å². The van der Waals surface area contributed by atoms with Gasteiger partial charge in [0.15, 0.2) is 0 Å². The molecule has 3 nitrogen and oxygen atoms in total. The lowest BCUT2D eigenvalue weighted by atomic mass is 9.63. The molecule has 1 rings (SSSR count). The van der Waals surface area contributed by atoms with E-state index in [1.165, 1.54) is 0 Å². The average molecular weight is 354 g/mol. The van der Waals surface area contributed by atoms with E-state index in [9.17, 15) is 0 Å². The van der Waals surface area contributed by atoms with Crippen LogP contribution in [0, 0.1) is 11.3 Å². The van der Waals surface area contributed by atoms with Gasteiger partial charge in [0, 0.05) is 29.6 Å². The van der Waals surface area contributed by atoms with Crippen molar-refractivity contribution in [3.63, 3.8) is 0 Å². The Morgan fingerprint density at radius 3 is 1.58 bits per heavy atom. The first kappa shape index (κ1) is 22.2. The molecule has 0 bridgehead atoms. The topological polar surface area (TPSA) is 47.9 Å². The summed E-state index contributed by atoms with van der Waals surface area (Å²) in [6, 6.07) is 2.24. The van der Waals surface area contributed by atoms with Crippen molar-refractivity contribution in [2.24, 2.45) is 0 Å². The van der Waals surface area contributed by atoms with Gasteiger partial charge >= 0.3 is 0 Å². The van der Waals surface area contributed by atoms with Crippen LogP contribution in [0.4, 0.5) is 0 Å². The van der Waals surface area contributed by atoms with E-state index in [1.807, 2.05) is 30.4 Å². The molecule has 26 heavy (non-hydrogen) atoms. The van der Waals surface area contributed by atoms with Gasteiger partial charge in [-0.15, -0.1) is 32.9 Å². The number of nitrogens with zero attached hydrogens (tertiary/aromatic N) is 1. The molecule has 0 amide bonds. The van der Waals surface area contributed by atoms with E-state index >= 15 is 0 Å². The third-order valence-electron chi connectivity index (χ3n) is 5.30. The number of nitrogens with one attached hydrogen (secondary N) is 2. The van der Waals surface area contributed by atoms with E-state index in [4.69, 9.17) is 5.26 Å². The maximum absolute atomic E-state index is 8.98. The molecule has 0 saturated carbocycles. The van der Waals surface area contributed by atoms with E-state index in [1.54, 1.807) is 0 Å². The van der Waals surface area contributed by atoms with Gasteiger partial charge < -0.3 is 10.6 Å². The van der Waals surface area contributed by atoms with Gasteiger partial charge in [0.25, 0.3) is 0 Å². The number of hydrogen-bond acceptors (Lipinski definition) is 3. The lowest BCUT2D eigenvalue weighted by Gasteiger charge is -2.57. The van der Waals surface area contributed by atoms with Gasteiger partial charge in [-0.3, -0.25) is 0 Å². The molecule has 1 saturated heterocycles. The second-order valence-electron chi connectivity index (χ2n) is 7.62. The Hall–Kier alpha value is -1.89. The molecule has 142 valence electrons. The zero-order chi connectivity index (χ0) is 19.5. The quantitative estimate of drug-likeness (QED) is 0.363. The first-order valence-corrected chi connectivity index (χ1v) is 9.45. The molecule has 1 fully saturated rings. The molecule has 1 heterocycles. The van der Waals surface area contributed by atoms with Crippen LogP contribution in [0.5, 0.6) is 0 Å². The number of piperidine rings is 1. The molecule has 3 heteroatoms. The molecule has 0 atom stereocenters. The molecule has 0 radical (unpaired) electrons. The van der Waals surface area contributed by atoms with Crippen molar-refractivity contribution >= 4 is 0 Å². The lowest BCUT2D eigenvalue weighted by molar-refractivity contribution is 0.0487. The summed E-state index contributed by atoms with van der Waals surface area (Å²) < 4.78 is 0. The highest BCUT2D eigenvalue weighted by Crippen LogP contribution is 2.45. The number of hydrogen-bond donors (Lipinski definition) is 2. The summed E-state index contributed by atoms with van der Waals surface area (Å²) in [5.74, 6) is 0. The fourth-order valence-electron chi connectivity index (χ4n) is 4.77. The standard InChI is InChI=1S/C23H35N3/c1-6-12-21(13-7-2)19-23(16-10-5,25-18-11-17-24)20-22(26-21,14-8-3)15-9-4/h6-10,25-26H,1-5,11-16,18-20H2. The van der Waals surface area contributed by atoms with E-state index < -0.39 is 0 Å². The van der Waals surface area contributed by atoms with Crippen molar-refractivity contribution in [3.8, 4) is 6.07 Å². The Labute approximate surface area is 160 Å². The fourth-order valence-corrected chi connectivity index (χ4v) is 4.77. The van der Waals surface area contributed by atoms with Gasteiger partial charge in [-0.2, -0.15) is 5.26 Å². The molecule has 2 N–H and O–H groups in total. The predicted molar refractivity (Wildman–Crippen MR) is 113 cm³/mol. The third-order valence-corrected chi connectivity index (χ3v) is 5.30. The van der Waals surface area contributed by atoms with Gasteiger partial charge in [-0.25, -0.2) is 0 Å². The summed E-state index contributed by atoms with van der Waals surface area (Å²) in [4.78, 5) is 0. The van der Waals surface area contributed by atoms with Gasteiger partial charge in [0.2, 0.25) is 0 Å². The Balaban J connectivity index is 3.40. The van der Waals surface area contributed by atoms with E-state index in [2.05, 4.69) is 49.6 Å². The van der Waals surface area contributed by atoms with Crippen LogP contribution in [-0.4, -0.2) is 23.2 Å². The highest BCUT2D eigenvalue weighted by atomic mass is 15.1. The zero-order valence-electron chi connectivity index (χ0n) is 16.2. The molecular formula is C23H35N3. The average Bonchev–Trinajstić information content (AvgIpc) is 2.56. The number of rotatable bonds is 13. The van der Waals surface area contributed by atoms with Crippen molar-refractivity contribution in [2.75, 3.05) is 6.54 Å². The smallest absolute Gasteiger partial charge is 0.0635 e. The Morgan fingerprint density at radius 2 is 1.23 bits per heavy atom. The highest BCUT2D eigenvalue weighted by Gasteiger charge is 2.51. The highest BCUT2D eigenvalue weighted by molar-refractivity contribution is 5.19. The molecule has 0 aromatic carbocycles. The SMILES string of the molecule is C=CCC1(NCCC#N)CC(CC=C)(CC=C)NC(CC=C)(CC=C)C1. The monoisotopic (exact) mass is 353 g/mol. The Morgan fingerprint density at radius 1 is 0.808 bits per heavy atom. The summed E-state index contributed by atoms with van der Waals surface area (Å²) in [6.07, 6.45) is 16.6. The molecule has 0 aliphatic carbocycles. The summed E-state index contributed by atoms with van der Waals surface area (Å²) in [5, 5.41) is 16.6. The predicted octanol–water partition coefficient (Wildman–Crippen LogP) is 4.97. The van der Waals surface area contributed by atoms with Gasteiger partial charge in [0.05, 0.1) is 6.07 Å². The van der Waals surface area contributed by atoms with Crippen LogP contribution in [0.25, 0.3) is 0 Å². The largest absolute Gasteiger partial charge is 0.310 e. The molecule has 1 aliphatic heterocycles. The van der Waals surface area contributed by atoms with Crippen LogP contribution in [0.15, 0.2) is 63.3 Å². The van der Waals surface area contributed by atoms with Crippen LogP contribution >= 0.6 is 0 Å². The van der Waals surface area contributed by atoms with Crippen LogP contribution in [0.1, 0.15) is 51.4 Å². The maximum atomic E-state index is 8.98. The zero-order valence-corrected chi connectivity index (χ0v) is 16.2. The van der Waals surface area contributed by atoms with E-state index in [0.717, 1.165) is 44.9 Å². The van der Waals surface area contributed by atoms with Crippen LogP contribution in [0.2, 0.25) is 0 Å². The normalized spacial score (nSPS) is 19.7. The minimum atomic E-state index is -0.129. The molecule has 0 spiro atoms. The molecular weight excluding hydrogens is 318 g/mol. The van der Waals surface area contributed by atoms with Crippen molar-refractivity contribution in [2.45, 2.75) is 68.0 Å². The minimum Gasteiger partial charge on any atom is -0.310 e. The molecule has 0 unspecified atom stereocenters. The van der Waals surface area contributed by atoms with Gasteiger partial charge in [-0.05, 0) is 44.9 Å². The summed E-state index contributed by atoms with van der Waals surface area (Å²) >= 11 is 0. The molecule has 0 aromatic rings. The summed E-state index contributed by atoms with van der Waals surface area (Å²) in [6.45, 7) is 20.7. The number of nitriles is 1. The van der Waals surface area contributed by atoms with Gasteiger partial charge in [0.1, 0.15) is 0 Å².